The number of aliphatic hydroxyl groups is 1. The lowest BCUT2D eigenvalue weighted by Crippen LogP contribution is -2.45. The fraction of sp³-hybridized carbons (Fsp3) is 1.00. The zero-order chi connectivity index (χ0) is 12.0. The maximum atomic E-state index is 10.3. The van der Waals surface area contributed by atoms with Crippen LogP contribution in [0.25, 0.3) is 0 Å². The van der Waals surface area contributed by atoms with E-state index in [1.165, 1.54) is 25.7 Å². The Kier molecular flexibility index (Phi) is 5.77. The van der Waals surface area contributed by atoms with E-state index < -0.39 is 0 Å². The van der Waals surface area contributed by atoms with Crippen LogP contribution >= 0.6 is 0 Å². The molecule has 1 aliphatic carbocycles. The monoisotopic (exact) mass is 228 g/mol. The molecule has 96 valence electrons. The molecule has 1 fully saturated rings. The van der Waals surface area contributed by atoms with Gasteiger partial charge in [-0.05, 0) is 25.2 Å². The Hall–Kier alpha value is -0.0800. The number of ether oxygens (including phenoxy) is 1. The quantitative estimate of drug-likeness (QED) is 0.753. The molecule has 0 aromatic heterocycles. The summed E-state index contributed by atoms with van der Waals surface area (Å²) < 4.78 is 5.65. The molecule has 16 heavy (non-hydrogen) atoms. The summed E-state index contributed by atoms with van der Waals surface area (Å²) in [4.78, 5) is 0. The number of methoxy groups -OCH3 is 1. The molecule has 0 radical (unpaired) electrons. The van der Waals surface area contributed by atoms with Crippen molar-refractivity contribution in [3.63, 3.8) is 0 Å². The van der Waals surface area contributed by atoms with Crippen LogP contribution in [0.5, 0.6) is 0 Å². The van der Waals surface area contributed by atoms with Crippen molar-refractivity contribution in [2.24, 2.45) is 5.92 Å². The second-order valence-corrected chi connectivity index (χ2v) is 5.67. The first kappa shape index (κ1) is 14.0. The molecule has 0 aliphatic heterocycles. The number of aliphatic hydroxyl groups excluding tert-OH is 1. The Bertz CT molecular complexity index is 183. The molecule has 1 rings (SSSR count). The van der Waals surface area contributed by atoms with Crippen LogP contribution in [-0.4, -0.2) is 23.9 Å². The SMILES string of the molecule is COC1(C(O)CCCC(C)C)CCCCC1. The van der Waals surface area contributed by atoms with Crippen molar-refractivity contribution >= 4 is 0 Å². The van der Waals surface area contributed by atoms with Gasteiger partial charge in [0.25, 0.3) is 0 Å². The predicted octanol–water partition coefficient (Wildman–Crippen LogP) is 3.52. The van der Waals surface area contributed by atoms with Crippen molar-refractivity contribution in [3.8, 4) is 0 Å². The zero-order valence-electron chi connectivity index (χ0n) is 11.2. The summed E-state index contributed by atoms with van der Waals surface area (Å²) >= 11 is 0. The van der Waals surface area contributed by atoms with Gasteiger partial charge >= 0.3 is 0 Å². The van der Waals surface area contributed by atoms with E-state index in [1.807, 2.05) is 0 Å². The van der Waals surface area contributed by atoms with E-state index in [1.54, 1.807) is 7.11 Å². The predicted molar refractivity (Wildman–Crippen MR) is 67.5 cm³/mol. The van der Waals surface area contributed by atoms with E-state index in [4.69, 9.17) is 4.74 Å². The minimum absolute atomic E-state index is 0.227. The highest BCUT2D eigenvalue weighted by molar-refractivity contribution is 4.90. The average Bonchev–Trinajstić information content (AvgIpc) is 2.29. The van der Waals surface area contributed by atoms with Gasteiger partial charge in [0.1, 0.15) is 0 Å². The molecular formula is C14H28O2. The number of hydrogen-bond acceptors (Lipinski definition) is 2. The van der Waals surface area contributed by atoms with E-state index in [0.29, 0.717) is 0 Å². The molecule has 0 aromatic rings. The standard InChI is InChI=1S/C14H28O2/c1-12(2)8-7-9-13(15)14(16-3)10-5-4-6-11-14/h12-13,15H,4-11H2,1-3H3. The first-order valence-electron chi connectivity index (χ1n) is 6.84. The topological polar surface area (TPSA) is 29.5 Å². The van der Waals surface area contributed by atoms with Crippen molar-refractivity contribution in [1.29, 1.82) is 0 Å². The van der Waals surface area contributed by atoms with E-state index in [-0.39, 0.29) is 11.7 Å². The third kappa shape index (κ3) is 3.74. The maximum Gasteiger partial charge on any atom is 0.0936 e. The van der Waals surface area contributed by atoms with Crippen molar-refractivity contribution in [2.75, 3.05) is 7.11 Å². The minimum atomic E-state index is -0.267. The lowest BCUT2D eigenvalue weighted by molar-refractivity contribution is -0.125. The first-order valence-corrected chi connectivity index (χ1v) is 6.84. The highest BCUT2D eigenvalue weighted by Crippen LogP contribution is 2.35. The van der Waals surface area contributed by atoms with Crippen LogP contribution in [0.3, 0.4) is 0 Å². The van der Waals surface area contributed by atoms with Crippen LogP contribution in [0.15, 0.2) is 0 Å². The lowest BCUT2D eigenvalue weighted by Gasteiger charge is -2.40. The number of rotatable bonds is 6. The molecule has 0 saturated heterocycles. The summed E-state index contributed by atoms with van der Waals surface area (Å²) in [5, 5.41) is 10.3. The Morgan fingerprint density at radius 1 is 1.12 bits per heavy atom. The van der Waals surface area contributed by atoms with Gasteiger partial charge in [-0.3, -0.25) is 0 Å². The Morgan fingerprint density at radius 2 is 1.75 bits per heavy atom. The second-order valence-electron chi connectivity index (χ2n) is 5.67. The molecule has 1 aliphatic rings. The second kappa shape index (κ2) is 6.61. The summed E-state index contributed by atoms with van der Waals surface area (Å²) in [6.45, 7) is 4.47. The van der Waals surface area contributed by atoms with Crippen LogP contribution in [0.4, 0.5) is 0 Å². The van der Waals surface area contributed by atoms with Gasteiger partial charge in [0.2, 0.25) is 0 Å². The first-order chi connectivity index (χ1) is 7.60. The third-order valence-electron chi connectivity index (χ3n) is 3.97. The summed E-state index contributed by atoms with van der Waals surface area (Å²) in [6, 6.07) is 0. The van der Waals surface area contributed by atoms with Gasteiger partial charge in [0.15, 0.2) is 0 Å². The summed E-state index contributed by atoms with van der Waals surface area (Å²) in [5.74, 6) is 0.733. The fourth-order valence-corrected chi connectivity index (χ4v) is 2.81. The summed E-state index contributed by atoms with van der Waals surface area (Å²) in [7, 11) is 1.76. The molecule has 0 amide bonds. The highest BCUT2D eigenvalue weighted by Gasteiger charge is 2.38. The van der Waals surface area contributed by atoms with Crippen LogP contribution in [-0.2, 0) is 4.74 Å². The van der Waals surface area contributed by atoms with Crippen LogP contribution in [0.1, 0.15) is 65.2 Å². The molecule has 1 N–H and O–H groups in total. The number of hydrogen-bond donors (Lipinski definition) is 1. The van der Waals surface area contributed by atoms with Crippen molar-refractivity contribution in [1.82, 2.24) is 0 Å². The summed E-state index contributed by atoms with van der Waals surface area (Å²) in [6.07, 6.45) is 8.72. The van der Waals surface area contributed by atoms with E-state index in [0.717, 1.165) is 31.6 Å². The van der Waals surface area contributed by atoms with E-state index >= 15 is 0 Å². The minimum Gasteiger partial charge on any atom is -0.390 e. The fourth-order valence-electron chi connectivity index (χ4n) is 2.81. The lowest BCUT2D eigenvalue weighted by atomic mass is 9.79. The van der Waals surface area contributed by atoms with Gasteiger partial charge in [-0.2, -0.15) is 0 Å². The normalized spacial score (nSPS) is 22.3. The van der Waals surface area contributed by atoms with Gasteiger partial charge in [0, 0.05) is 7.11 Å². The molecule has 2 nitrogen and oxygen atoms in total. The van der Waals surface area contributed by atoms with Gasteiger partial charge in [-0.1, -0.05) is 46.0 Å². The van der Waals surface area contributed by atoms with Gasteiger partial charge in [0.05, 0.1) is 11.7 Å². The van der Waals surface area contributed by atoms with Crippen LogP contribution < -0.4 is 0 Å². The summed E-state index contributed by atoms with van der Waals surface area (Å²) in [5.41, 5.74) is -0.227. The molecule has 1 unspecified atom stereocenters. The highest BCUT2D eigenvalue weighted by atomic mass is 16.5. The van der Waals surface area contributed by atoms with Crippen molar-refractivity contribution in [2.45, 2.75) is 76.9 Å². The maximum absolute atomic E-state index is 10.3. The smallest absolute Gasteiger partial charge is 0.0936 e. The molecular weight excluding hydrogens is 200 g/mol. The molecule has 2 heteroatoms. The van der Waals surface area contributed by atoms with E-state index in [9.17, 15) is 5.11 Å². The average molecular weight is 228 g/mol. The van der Waals surface area contributed by atoms with Crippen molar-refractivity contribution in [3.05, 3.63) is 0 Å². The molecule has 0 heterocycles. The zero-order valence-corrected chi connectivity index (χ0v) is 11.2. The molecule has 0 spiro atoms. The van der Waals surface area contributed by atoms with Crippen molar-refractivity contribution < 1.29 is 9.84 Å². The molecule has 0 bridgehead atoms. The van der Waals surface area contributed by atoms with Crippen LogP contribution in [0.2, 0.25) is 0 Å². The molecule has 1 saturated carbocycles. The third-order valence-corrected chi connectivity index (χ3v) is 3.97. The van der Waals surface area contributed by atoms with Gasteiger partial charge < -0.3 is 9.84 Å². The Morgan fingerprint density at radius 3 is 2.25 bits per heavy atom. The Balaban J connectivity index is 2.39. The largest absolute Gasteiger partial charge is 0.390 e. The molecule has 1 atom stereocenters. The Labute approximate surface area is 100 Å². The van der Waals surface area contributed by atoms with E-state index in [2.05, 4.69) is 13.8 Å². The van der Waals surface area contributed by atoms with Crippen LogP contribution in [0, 0.1) is 5.92 Å². The van der Waals surface area contributed by atoms with Gasteiger partial charge in [-0.25, -0.2) is 0 Å². The van der Waals surface area contributed by atoms with Gasteiger partial charge in [-0.15, -0.1) is 0 Å². The molecule has 0 aromatic carbocycles.